The van der Waals surface area contributed by atoms with E-state index in [0.717, 1.165) is 12.1 Å². The SMILES string of the molecule is Cc1ccc(CNCc2ccc(C)c([N+](=O)[O-])c2)s1. The molecular weight excluding hydrogens is 260 g/mol. The Bertz CT molecular complexity index is 593. The Balaban J connectivity index is 1.96. The van der Waals surface area contributed by atoms with E-state index in [0.29, 0.717) is 12.1 Å². The molecule has 0 atom stereocenters. The number of nitrogens with one attached hydrogen (secondary N) is 1. The number of rotatable bonds is 5. The van der Waals surface area contributed by atoms with Crippen LogP contribution in [0.25, 0.3) is 0 Å². The Labute approximate surface area is 116 Å². The summed E-state index contributed by atoms with van der Waals surface area (Å²) in [6, 6.07) is 9.56. The van der Waals surface area contributed by atoms with Crippen LogP contribution in [-0.2, 0) is 13.1 Å². The van der Waals surface area contributed by atoms with Gasteiger partial charge in [0.25, 0.3) is 5.69 Å². The van der Waals surface area contributed by atoms with Gasteiger partial charge in [-0.05, 0) is 31.5 Å². The number of hydrogen-bond donors (Lipinski definition) is 1. The van der Waals surface area contributed by atoms with Gasteiger partial charge in [0.15, 0.2) is 0 Å². The van der Waals surface area contributed by atoms with Gasteiger partial charge in [0.2, 0.25) is 0 Å². The van der Waals surface area contributed by atoms with Crippen molar-refractivity contribution in [2.24, 2.45) is 0 Å². The third kappa shape index (κ3) is 3.62. The number of aryl methyl sites for hydroxylation is 2. The van der Waals surface area contributed by atoms with Crippen molar-refractivity contribution in [2.75, 3.05) is 0 Å². The summed E-state index contributed by atoms with van der Waals surface area (Å²) < 4.78 is 0. The van der Waals surface area contributed by atoms with E-state index in [9.17, 15) is 10.1 Å². The molecular formula is C14H16N2O2S. The Morgan fingerprint density at radius 3 is 2.63 bits per heavy atom. The van der Waals surface area contributed by atoms with E-state index in [1.54, 1.807) is 30.4 Å². The van der Waals surface area contributed by atoms with Crippen LogP contribution in [0.15, 0.2) is 30.3 Å². The van der Waals surface area contributed by atoms with Crippen molar-refractivity contribution < 1.29 is 4.92 Å². The minimum absolute atomic E-state index is 0.186. The van der Waals surface area contributed by atoms with E-state index < -0.39 is 0 Å². The molecule has 0 amide bonds. The van der Waals surface area contributed by atoms with Crippen molar-refractivity contribution in [3.05, 3.63) is 61.3 Å². The molecule has 5 heteroatoms. The summed E-state index contributed by atoms with van der Waals surface area (Å²) in [6.07, 6.45) is 0. The second-order valence-corrected chi connectivity index (χ2v) is 5.87. The third-order valence-corrected chi connectivity index (χ3v) is 3.90. The van der Waals surface area contributed by atoms with Crippen molar-refractivity contribution >= 4 is 17.0 Å². The van der Waals surface area contributed by atoms with Crippen LogP contribution in [0.4, 0.5) is 5.69 Å². The van der Waals surface area contributed by atoms with E-state index in [-0.39, 0.29) is 10.6 Å². The number of hydrogen-bond acceptors (Lipinski definition) is 4. The van der Waals surface area contributed by atoms with Gasteiger partial charge >= 0.3 is 0 Å². The largest absolute Gasteiger partial charge is 0.308 e. The van der Waals surface area contributed by atoms with E-state index in [1.165, 1.54) is 9.75 Å². The van der Waals surface area contributed by atoms with Crippen molar-refractivity contribution in [3.8, 4) is 0 Å². The van der Waals surface area contributed by atoms with E-state index in [1.807, 2.05) is 6.07 Å². The first-order valence-electron chi connectivity index (χ1n) is 6.06. The van der Waals surface area contributed by atoms with E-state index in [4.69, 9.17) is 0 Å². The van der Waals surface area contributed by atoms with E-state index >= 15 is 0 Å². The smallest absolute Gasteiger partial charge is 0.272 e. The van der Waals surface area contributed by atoms with Crippen LogP contribution in [0.2, 0.25) is 0 Å². The Morgan fingerprint density at radius 1 is 1.21 bits per heavy atom. The molecule has 0 saturated carbocycles. The van der Waals surface area contributed by atoms with Crippen LogP contribution in [0.1, 0.15) is 20.9 Å². The summed E-state index contributed by atoms with van der Waals surface area (Å²) in [4.78, 5) is 13.1. The first-order valence-corrected chi connectivity index (χ1v) is 6.88. The zero-order chi connectivity index (χ0) is 13.8. The average Bonchev–Trinajstić information content (AvgIpc) is 2.77. The normalized spacial score (nSPS) is 10.6. The van der Waals surface area contributed by atoms with Gasteiger partial charge in [-0.15, -0.1) is 11.3 Å². The molecule has 0 aliphatic rings. The Morgan fingerprint density at radius 2 is 2.00 bits per heavy atom. The third-order valence-electron chi connectivity index (χ3n) is 2.89. The first kappa shape index (κ1) is 13.7. The second-order valence-electron chi connectivity index (χ2n) is 4.49. The zero-order valence-electron chi connectivity index (χ0n) is 11.0. The maximum Gasteiger partial charge on any atom is 0.272 e. The highest BCUT2D eigenvalue weighted by Gasteiger charge is 2.10. The van der Waals surface area contributed by atoms with Gasteiger partial charge in [-0.3, -0.25) is 10.1 Å². The number of nitro benzene ring substituents is 1. The summed E-state index contributed by atoms with van der Waals surface area (Å²) in [6.45, 7) is 5.26. The molecule has 0 aliphatic heterocycles. The monoisotopic (exact) mass is 276 g/mol. The molecule has 0 unspecified atom stereocenters. The lowest BCUT2D eigenvalue weighted by molar-refractivity contribution is -0.385. The topological polar surface area (TPSA) is 55.2 Å². The summed E-state index contributed by atoms with van der Waals surface area (Å²) in [7, 11) is 0. The zero-order valence-corrected chi connectivity index (χ0v) is 11.8. The predicted octanol–water partition coefficient (Wildman–Crippen LogP) is 3.56. The van der Waals surface area contributed by atoms with Crippen molar-refractivity contribution in [1.82, 2.24) is 5.32 Å². The van der Waals surface area contributed by atoms with Crippen LogP contribution < -0.4 is 5.32 Å². The number of benzene rings is 1. The summed E-state index contributed by atoms with van der Waals surface area (Å²) in [5.74, 6) is 0. The Hall–Kier alpha value is -1.72. The molecule has 1 aromatic carbocycles. The van der Waals surface area contributed by atoms with Crippen LogP contribution in [-0.4, -0.2) is 4.92 Å². The highest BCUT2D eigenvalue weighted by molar-refractivity contribution is 7.11. The molecule has 100 valence electrons. The molecule has 2 aromatic rings. The van der Waals surface area contributed by atoms with Gasteiger partial charge in [-0.2, -0.15) is 0 Å². The summed E-state index contributed by atoms with van der Waals surface area (Å²) in [5, 5.41) is 14.2. The number of nitrogens with zero attached hydrogens (tertiary/aromatic N) is 1. The molecule has 0 radical (unpaired) electrons. The lowest BCUT2D eigenvalue weighted by atomic mass is 10.1. The highest BCUT2D eigenvalue weighted by atomic mass is 32.1. The van der Waals surface area contributed by atoms with Crippen molar-refractivity contribution in [3.63, 3.8) is 0 Å². The number of thiophene rings is 1. The van der Waals surface area contributed by atoms with Crippen LogP contribution in [0.3, 0.4) is 0 Å². The van der Waals surface area contributed by atoms with Gasteiger partial charge < -0.3 is 5.32 Å². The van der Waals surface area contributed by atoms with Gasteiger partial charge in [0.1, 0.15) is 0 Å². The molecule has 0 spiro atoms. The lowest BCUT2D eigenvalue weighted by Gasteiger charge is -2.05. The molecule has 2 rings (SSSR count). The Kier molecular flexibility index (Phi) is 4.29. The molecule has 0 bridgehead atoms. The molecule has 19 heavy (non-hydrogen) atoms. The maximum absolute atomic E-state index is 10.9. The van der Waals surface area contributed by atoms with Crippen LogP contribution in [0, 0.1) is 24.0 Å². The average molecular weight is 276 g/mol. The maximum atomic E-state index is 10.9. The van der Waals surface area contributed by atoms with Gasteiger partial charge in [-0.1, -0.05) is 12.1 Å². The summed E-state index contributed by atoms with van der Waals surface area (Å²) >= 11 is 1.76. The molecule has 0 aliphatic carbocycles. The number of nitro groups is 1. The minimum Gasteiger partial charge on any atom is -0.308 e. The molecule has 1 aromatic heterocycles. The molecule has 1 heterocycles. The van der Waals surface area contributed by atoms with Crippen LogP contribution >= 0.6 is 11.3 Å². The lowest BCUT2D eigenvalue weighted by Crippen LogP contribution is -2.12. The van der Waals surface area contributed by atoms with Gasteiger partial charge in [0, 0.05) is 34.5 Å². The molecule has 0 fully saturated rings. The summed E-state index contributed by atoms with van der Waals surface area (Å²) in [5.41, 5.74) is 1.82. The van der Waals surface area contributed by atoms with Crippen molar-refractivity contribution in [1.29, 1.82) is 0 Å². The molecule has 4 nitrogen and oxygen atoms in total. The van der Waals surface area contributed by atoms with Gasteiger partial charge in [-0.25, -0.2) is 0 Å². The quantitative estimate of drug-likeness (QED) is 0.671. The molecule has 0 saturated heterocycles. The fraction of sp³-hybridized carbons (Fsp3) is 0.286. The van der Waals surface area contributed by atoms with Crippen LogP contribution in [0.5, 0.6) is 0 Å². The minimum atomic E-state index is -0.332. The fourth-order valence-electron chi connectivity index (χ4n) is 1.87. The molecule has 1 N–H and O–H groups in total. The fourth-order valence-corrected chi connectivity index (χ4v) is 2.73. The van der Waals surface area contributed by atoms with Gasteiger partial charge in [0.05, 0.1) is 4.92 Å². The predicted molar refractivity (Wildman–Crippen MR) is 77.4 cm³/mol. The van der Waals surface area contributed by atoms with Crippen molar-refractivity contribution in [2.45, 2.75) is 26.9 Å². The highest BCUT2D eigenvalue weighted by Crippen LogP contribution is 2.19. The standard InChI is InChI=1S/C14H16N2O2S/c1-10-3-5-12(7-14(10)16(17)18)8-15-9-13-6-4-11(2)19-13/h3-7,15H,8-9H2,1-2H3. The van der Waals surface area contributed by atoms with E-state index in [2.05, 4.69) is 24.4 Å². The second kappa shape index (κ2) is 5.95. The first-order chi connectivity index (χ1) is 9.06.